The Morgan fingerprint density at radius 2 is 2.16 bits per heavy atom. The monoisotopic (exact) mass is 341 g/mol. The van der Waals surface area contributed by atoms with Crippen LogP contribution in [-0.4, -0.2) is 40.7 Å². The van der Waals surface area contributed by atoms with Gasteiger partial charge in [-0.25, -0.2) is 4.79 Å². The minimum absolute atomic E-state index is 0.0189. The van der Waals surface area contributed by atoms with E-state index in [0.717, 1.165) is 0 Å². The number of hydrogen-bond acceptors (Lipinski definition) is 5. The van der Waals surface area contributed by atoms with Crippen molar-refractivity contribution in [2.75, 3.05) is 13.2 Å². The molecule has 0 spiro atoms. The molecular formula is C18H19N3O4. The van der Waals surface area contributed by atoms with Crippen LogP contribution in [-0.2, 0) is 11.3 Å². The molecule has 1 amide bonds. The molecule has 25 heavy (non-hydrogen) atoms. The smallest absolute Gasteiger partial charge is 0.339 e. The van der Waals surface area contributed by atoms with Crippen LogP contribution in [0.15, 0.2) is 28.4 Å². The summed E-state index contributed by atoms with van der Waals surface area (Å²) >= 11 is 0. The van der Waals surface area contributed by atoms with Gasteiger partial charge in [0.15, 0.2) is 5.66 Å². The summed E-state index contributed by atoms with van der Waals surface area (Å²) in [6.07, 6.45) is 7.40. The van der Waals surface area contributed by atoms with Crippen LogP contribution in [0, 0.1) is 12.3 Å². The van der Waals surface area contributed by atoms with Crippen molar-refractivity contribution >= 4 is 11.9 Å². The van der Waals surface area contributed by atoms with Crippen molar-refractivity contribution < 1.29 is 19.4 Å². The number of amides is 1. The van der Waals surface area contributed by atoms with Crippen LogP contribution < -0.4 is 4.74 Å². The fourth-order valence-electron chi connectivity index (χ4n) is 2.94. The molecule has 0 aromatic heterocycles. The maximum atomic E-state index is 12.6. The molecule has 3 rings (SSSR count). The van der Waals surface area contributed by atoms with E-state index in [0.29, 0.717) is 50.1 Å². The van der Waals surface area contributed by atoms with Gasteiger partial charge >= 0.3 is 5.97 Å². The van der Waals surface area contributed by atoms with Crippen LogP contribution in [0.1, 0.15) is 41.6 Å². The molecule has 0 radical (unpaired) electrons. The quantitative estimate of drug-likeness (QED) is 0.805. The van der Waals surface area contributed by atoms with Crippen molar-refractivity contribution in [1.82, 2.24) is 4.90 Å². The number of carbonyl (C=O) groups is 2. The average molecular weight is 341 g/mol. The average Bonchev–Trinajstić information content (AvgIpc) is 3.40. The number of carboxylic acids is 1. The van der Waals surface area contributed by atoms with Gasteiger partial charge in [0.25, 0.3) is 0 Å². The molecule has 0 unspecified atom stereocenters. The van der Waals surface area contributed by atoms with Gasteiger partial charge in [0.1, 0.15) is 17.9 Å². The van der Waals surface area contributed by atoms with Crippen LogP contribution in [0.3, 0.4) is 0 Å². The van der Waals surface area contributed by atoms with Gasteiger partial charge in [-0.1, -0.05) is 12.1 Å². The Morgan fingerprint density at radius 1 is 1.36 bits per heavy atom. The Bertz CT molecular complexity index is 760. The Kier molecular flexibility index (Phi) is 4.70. The van der Waals surface area contributed by atoms with Crippen LogP contribution in [0.2, 0.25) is 0 Å². The molecule has 0 saturated heterocycles. The summed E-state index contributed by atoms with van der Waals surface area (Å²) in [6.45, 7) is 1.01. The minimum atomic E-state index is -1.04. The molecule has 7 heteroatoms. The molecule has 1 aromatic rings. The third-order valence-corrected chi connectivity index (χ3v) is 4.44. The number of terminal acetylenes is 1. The van der Waals surface area contributed by atoms with Gasteiger partial charge in [-0.3, -0.25) is 4.79 Å². The van der Waals surface area contributed by atoms with E-state index in [1.54, 1.807) is 17.0 Å². The van der Waals surface area contributed by atoms with Crippen LogP contribution in [0.4, 0.5) is 0 Å². The minimum Gasteiger partial charge on any atom is -0.490 e. The van der Waals surface area contributed by atoms with Crippen LogP contribution in [0.5, 0.6) is 5.75 Å². The standard InChI is InChI=1S/C18H19N3O4/c1-2-3-8-18(19-20-18)9-7-15(22)21-10-11-25-16-13(12-21)5-4-6-14(16)17(23)24/h1,4-6H,3,7-12H2,(H,23,24). The predicted octanol–water partition coefficient (Wildman–Crippen LogP) is 2.46. The molecular weight excluding hydrogens is 322 g/mol. The molecule has 2 heterocycles. The number of nitrogens with zero attached hydrogens (tertiary/aromatic N) is 3. The van der Waals surface area contributed by atoms with E-state index in [9.17, 15) is 14.7 Å². The number of rotatable bonds is 6. The van der Waals surface area contributed by atoms with Crippen molar-refractivity contribution in [2.24, 2.45) is 10.2 Å². The Balaban J connectivity index is 1.64. The number of ether oxygens (including phenoxy) is 1. The first kappa shape index (κ1) is 17.0. The molecule has 0 saturated carbocycles. The van der Waals surface area contributed by atoms with Gasteiger partial charge < -0.3 is 14.7 Å². The zero-order valence-corrected chi connectivity index (χ0v) is 13.8. The van der Waals surface area contributed by atoms with Gasteiger partial charge in [-0.2, -0.15) is 10.2 Å². The highest BCUT2D eigenvalue weighted by atomic mass is 16.5. The zero-order chi connectivity index (χ0) is 17.9. The highest BCUT2D eigenvalue weighted by molar-refractivity contribution is 5.91. The number of hydrogen-bond donors (Lipinski definition) is 1. The van der Waals surface area contributed by atoms with E-state index in [-0.39, 0.29) is 18.1 Å². The van der Waals surface area contributed by atoms with Gasteiger partial charge in [0.2, 0.25) is 5.91 Å². The summed E-state index contributed by atoms with van der Waals surface area (Å²) < 4.78 is 5.60. The van der Waals surface area contributed by atoms with E-state index in [1.807, 2.05) is 0 Å². The molecule has 7 nitrogen and oxygen atoms in total. The van der Waals surface area contributed by atoms with Crippen LogP contribution in [0.25, 0.3) is 0 Å². The molecule has 0 atom stereocenters. The lowest BCUT2D eigenvalue weighted by atomic mass is 10.0. The van der Waals surface area contributed by atoms with Gasteiger partial charge in [0, 0.05) is 37.8 Å². The number of benzene rings is 1. The fraction of sp³-hybridized carbons (Fsp3) is 0.444. The summed E-state index contributed by atoms with van der Waals surface area (Å²) in [5, 5.41) is 17.3. The second-order valence-electron chi connectivity index (χ2n) is 6.15. The Hall–Kier alpha value is -2.88. The van der Waals surface area contributed by atoms with Crippen LogP contribution >= 0.6 is 0 Å². The lowest BCUT2D eigenvalue weighted by Gasteiger charge is -2.20. The number of carbonyl (C=O) groups excluding carboxylic acids is 1. The van der Waals surface area contributed by atoms with Crippen molar-refractivity contribution in [2.45, 2.75) is 37.9 Å². The first-order valence-electron chi connectivity index (χ1n) is 8.18. The van der Waals surface area contributed by atoms with E-state index < -0.39 is 11.6 Å². The zero-order valence-electron chi connectivity index (χ0n) is 13.8. The number of aromatic carboxylic acids is 1. The number of fused-ring (bicyclic) bond motifs is 1. The van der Waals surface area contributed by atoms with E-state index in [1.165, 1.54) is 6.07 Å². The molecule has 0 fully saturated rings. The predicted molar refractivity (Wildman–Crippen MR) is 89.2 cm³/mol. The molecule has 0 aliphatic carbocycles. The fourth-order valence-corrected chi connectivity index (χ4v) is 2.94. The van der Waals surface area contributed by atoms with Gasteiger partial charge in [0.05, 0.1) is 6.54 Å². The van der Waals surface area contributed by atoms with Gasteiger partial charge in [-0.15, -0.1) is 12.3 Å². The number of para-hydroxylation sites is 1. The third kappa shape index (κ3) is 3.79. The van der Waals surface area contributed by atoms with Crippen molar-refractivity contribution in [1.29, 1.82) is 0 Å². The highest BCUT2D eigenvalue weighted by Crippen LogP contribution is 2.38. The lowest BCUT2D eigenvalue weighted by Crippen LogP contribution is -2.33. The summed E-state index contributed by atoms with van der Waals surface area (Å²) in [7, 11) is 0. The highest BCUT2D eigenvalue weighted by Gasteiger charge is 2.39. The molecule has 1 aromatic carbocycles. The Labute approximate surface area is 145 Å². The molecule has 2 aliphatic heterocycles. The SMILES string of the molecule is C#CCCC1(CCC(=O)N2CCOc3c(cccc3C(=O)O)C2)N=N1. The largest absolute Gasteiger partial charge is 0.490 e. The van der Waals surface area contributed by atoms with E-state index >= 15 is 0 Å². The number of carboxylic acid groups (broad SMARTS) is 1. The molecule has 1 N–H and O–H groups in total. The molecule has 0 bridgehead atoms. The van der Waals surface area contributed by atoms with Gasteiger partial charge in [-0.05, 0) is 6.07 Å². The normalized spacial score (nSPS) is 17.0. The maximum Gasteiger partial charge on any atom is 0.339 e. The summed E-state index contributed by atoms with van der Waals surface area (Å²) in [4.78, 5) is 25.6. The lowest BCUT2D eigenvalue weighted by molar-refractivity contribution is -0.132. The summed E-state index contributed by atoms with van der Waals surface area (Å²) in [5.74, 6) is 1.86. The first-order chi connectivity index (χ1) is 12.0. The van der Waals surface area contributed by atoms with Crippen molar-refractivity contribution in [3.63, 3.8) is 0 Å². The summed E-state index contributed by atoms with van der Waals surface area (Å²) in [5.41, 5.74) is 0.350. The maximum absolute atomic E-state index is 12.6. The molecule has 130 valence electrons. The second kappa shape index (κ2) is 6.93. The topological polar surface area (TPSA) is 91.6 Å². The Morgan fingerprint density at radius 3 is 2.84 bits per heavy atom. The van der Waals surface area contributed by atoms with E-state index in [4.69, 9.17) is 11.2 Å². The van der Waals surface area contributed by atoms with Crippen molar-refractivity contribution in [3.05, 3.63) is 29.3 Å². The first-order valence-corrected chi connectivity index (χ1v) is 8.18. The van der Waals surface area contributed by atoms with Crippen molar-refractivity contribution in [3.8, 4) is 18.1 Å². The third-order valence-electron chi connectivity index (χ3n) is 4.44. The van der Waals surface area contributed by atoms with E-state index in [2.05, 4.69) is 16.1 Å². The molecule has 2 aliphatic rings. The second-order valence-corrected chi connectivity index (χ2v) is 6.15. The summed E-state index contributed by atoms with van der Waals surface area (Å²) in [6, 6.07) is 4.95.